The molecule has 1 aliphatic heterocycles. The Morgan fingerprint density at radius 2 is 1.36 bits per heavy atom. The van der Waals surface area contributed by atoms with E-state index in [2.05, 4.69) is 19.9 Å². The van der Waals surface area contributed by atoms with Gasteiger partial charge in [0.05, 0.1) is 19.0 Å². The monoisotopic (exact) mass is 839 g/mol. The maximum atomic E-state index is 14.7. The van der Waals surface area contributed by atoms with Gasteiger partial charge in [0.2, 0.25) is 5.28 Å². The lowest BCUT2D eigenvalue weighted by Crippen LogP contribution is -2.30. The fourth-order valence-corrected chi connectivity index (χ4v) is 11.7. The van der Waals surface area contributed by atoms with E-state index in [1.165, 1.54) is 31.0 Å². The third-order valence-corrected chi connectivity index (χ3v) is 14.6. The van der Waals surface area contributed by atoms with Crippen LogP contribution >= 0.6 is 61.6 Å². The summed E-state index contributed by atoms with van der Waals surface area (Å²) in [6.07, 6.45) is 6.26. The molecular formula is C35H35Cl4N5O7P2. The number of hydrogen-bond donors (Lipinski definition) is 0. The molecule has 7 rings (SSSR count). The summed E-state index contributed by atoms with van der Waals surface area (Å²) in [5, 5.41) is 1.10. The third-order valence-electron chi connectivity index (χ3n) is 8.90. The van der Waals surface area contributed by atoms with Gasteiger partial charge in [-0.3, -0.25) is 9.09 Å². The number of imidazole rings is 1. The Morgan fingerprint density at radius 3 is 1.92 bits per heavy atom. The Kier molecular flexibility index (Phi) is 11.8. The van der Waals surface area contributed by atoms with E-state index in [-0.39, 0.29) is 29.1 Å². The van der Waals surface area contributed by atoms with E-state index in [0.717, 1.165) is 12.8 Å². The van der Waals surface area contributed by atoms with E-state index in [1.807, 2.05) is 11.6 Å². The van der Waals surface area contributed by atoms with Gasteiger partial charge in [-0.25, -0.2) is 14.1 Å². The first kappa shape index (κ1) is 38.2. The number of fused-ring (bicyclic) bond motifs is 1. The van der Waals surface area contributed by atoms with Crippen molar-refractivity contribution in [3.63, 3.8) is 0 Å². The van der Waals surface area contributed by atoms with E-state index in [4.69, 9.17) is 69.2 Å². The molecule has 1 saturated carbocycles. The average Bonchev–Trinajstić information content (AvgIpc) is 3.88. The van der Waals surface area contributed by atoms with Crippen molar-refractivity contribution in [2.75, 3.05) is 24.5 Å². The van der Waals surface area contributed by atoms with Gasteiger partial charge >= 0.3 is 15.2 Å². The number of rotatable bonds is 14. The summed E-state index contributed by atoms with van der Waals surface area (Å²) < 4.78 is 61.4. The number of halogens is 4. The molecule has 0 N–H and O–H groups in total. The van der Waals surface area contributed by atoms with Crippen molar-refractivity contribution < 1.29 is 32.0 Å². The van der Waals surface area contributed by atoms with Gasteiger partial charge in [0.15, 0.2) is 22.9 Å². The van der Waals surface area contributed by atoms with Gasteiger partial charge in [-0.15, -0.1) is 0 Å². The Morgan fingerprint density at radius 1 is 0.792 bits per heavy atom. The number of aromatic nitrogens is 4. The second kappa shape index (κ2) is 16.4. The number of ether oxygens (including phenoxy) is 1. The molecule has 12 nitrogen and oxygen atoms in total. The first-order valence-electron chi connectivity index (χ1n) is 16.9. The lowest BCUT2D eigenvalue weighted by molar-refractivity contribution is -0.0171. The van der Waals surface area contributed by atoms with Crippen LogP contribution in [0.4, 0.5) is 5.82 Å². The van der Waals surface area contributed by atoms with E-state index in [9.17, 15) is 9.13 Å². The van der Waals surface area contributed by atoms with E-state index >= 15 is 0 Å². The van der Waals surface area contributed by atoms with Crippen LogP contribution < -0.4 is 18.5 Å². The Bertz CT molecular complexity index is 2140. The molecule has 18 heteroatoms. The van der Waals surface area contributed by atoms with Crippen LogP contribution in [0, 0.1) is 0 Å². The van der Waals surface area contributed by atoms with Gasteiger partial charge in [0.1, 0.15) is 23.5 Å². The van der Waals surface area contributed by atoms with Gasteiger partial charge < -0.3 is 23.2 Å². The van der Waals surface area contributed by atoms with Crippen molar-refractivity contribution >= 4 is 78.6 Å². The van der Waals surface area contributed by atoms with Crippen LogP contribution in [0.25, 0.3) is 11.2 Å². The Labute approximate surface area is 326 Å². The smallest absolute Gasteiger partial charge is 0.424 e. The highest BCUT2D eigenvalue weighted by Gasteiger charge is 2.44. The number of benzene rings is 3. The lowest BCUT2D eigenvalue weighted by atomic mass is 10.2. The van der Waals surface area contributed by atoms with Gasteiger partial charge in [0, 0.05) is 28.2 Å². The second-order valence-electron chi connectivity index (χ2n) is 12.8. The minimum absolute atomic E-state index is 0.112. The molecule has 3 atom stereocenters. The SMILES string of the molecule is CN(c1nc(Cl)nc2c1ncn2[C@H]1CC[C@@H](COP(=O)(CP(=O)(Oc2cccc(Cl)c2)Oc2cccc(Cl)c2)Oc2cccc(Cl)c2)O1)C1CCCC1. The Balaban J connectivity index is 1.12. The molecule has 53 heavy (non-hydrogen) atoms. The van der Waals surface area contributed by atoms with Crippen molar-refractivity contribution in [2.45, 2.75) is 56.9 Å². The maximum absolute atomic E-state index is 14.7. The topological polar surface area (TPSA) is 127 Å². The van der Waals surface area contributed by atoms with Crippen molar-refractivity contribution in [1.29, 1.82) is 0 Å². The summed E-state index contributed by atoms with van der Waals surface area (Å²) in [6.45, 7) is -0.180. The molecule has 1 aliphatic carbocycles. The summed E-state index contributed by atoms with van der Waals surface area (Å²) >= 11 is 25.0. The van der Waals surface area contributed by atoms with Gasteiger partial charge in [-0.2, -0.15) is 9.97 Å². The molecule has 280 valence electrons. The zero-order valence-corrected chi connectivity index (χ0v) is 33.2. The maximum Gasteiger partial charge on any atom is 0.444 e. The van der Waals surface area contributed by atoms with Crippen LogP contribution in [0.3, 0.4) is 0 Å². The molecule has 0 bridgehead atoms. The molecule has 0 spiro atoms. The molecule has 2 aromatic heterocycles. The first-order chi connectivity index (χ1) is 25.4. The van der Waals surface area contributed by atoms with Crippen molar-refractivity contribution in [3.8, 4) is 17.2 Å². The second-order valence-corrected chi connectivity index (χ2v) is 18.8. The standard InChI is InChI=1S/C35H35Cl4N5O7P2/c1-43(26-10-2-3-11-26)33-32-34(42-35(39)41-33)44(21-40-32)31-16-15-30(48-31)20-47-52(45,49-27-12-4-7-23(36)17-27)22-53(46,50-28-13-5-8-24(37)18-28)51-29-14-6-9-25(38)19-29/h4-9,12-14,17-19,21,26,30-31H,2-3,10-11,15-16,20,22H2,1H3/t30-,31+,52?/m0/s1. The van der Waals surface area contributed by atoms with E-state index in [0.29, 0.717) is 50.9 Å². The molecule has 3 heterocycles. The predicted octanol–water partition coefficient (Wildman–Crippen LogP) is 11.1. The minimum Gasteiger partial charge on any atom is -0.424 e. The zero-order valence-electron chi connectivity index (χ0n) is 28.4. The summed E-state index contributed by atoms with van der Waals surface area (Å²) in [5.41, 5.74) is 1.17. The highest BCUT2D eigenvalue weighted by Crippen LogP contribution is 2.63. The fraction of sp³-hybridized carbons (Fsp3) is 0.343. The number of hydrogen-bond acceptors (Lipinski definition) is 11. The van der Waals surface area contributed by atoms with Crippen molar-refractivity contribution in [1.82, 2.24) is 19.5 Å². The van der Waals surface area contributed by atoms with Crippen LogP contribution in [0.1, 0.15) is 44.8 Å². The van der Waals surface area contributed by atoms with Crippen LogP contribution in [0.5, 0.6) is 17.2 Å². The highest BCUT2D eigenvalue weighted by molar-refractivity contribution is 7.72. The number of nitrogens with zero attached hydrogens (tertiary/aromatic N) is 5. The molecule has 1 saturated heterocycles. The highest BCUT2D eigenvalue weighted by atomic mass is 35.5. The summed E-state index contributed by atoms with van der Waals surface area (Å²) in [5.74, 6) is 0.247. The molecule has 5 aromatic rings. The normalized spacial score (nSPS) is 19.0. The van der Waals surface area contributed by atoms with Gasteiger partial charge in [0.25, 0.3) is 0 Å². The van der Waals surface area contributed by atoms with Crippen LogP contribution in [0.2, 0.25) is 20.4 Å². The van der Waals surface area contributed by atoms with Crippen LogP contribution in [-0.2, 0) is 18.4 Å². The first-order valence-corrected chi connectivity index (χ1v) is 21.9. The zero-order chi connectivity index (χ0) is 37.2. The summed E-state index contributed by atoms with van der Waals surface area (Å²) in [4.78, 5) is 15.8. The molecule has 1 unspecified atom stereocenters. The fourth-order valence-electron chi connectivity index (χ4n) is 6.45. The largest absolute Gasteiger partial charge is 0.444 e. The van der Waals surface area contributed by atoms with Crippen LogP contribution in [-0.4, -0.2) is 51.2 Å². The van der Waals surface area contributed by atoms with E-state index in [1.54, 1.807) is 60.9 Å². The quantitative estimate of drug-likeness (QED) is 0.0783. The molecular weight excluding hydrogens is 806 g/mol. The van der Waals surface area contributed by atoms with Gasteiger partial charge in [-0.1, -0.05) is 65.8 Å². The summed E-state index contributed by atoms with van der Waals surface area (Å²) in [7, 11) is -6.74. The molecule has 2 aliphatic rings. The Hall–Kier alpha value is -3.05. The van der Waals surface area contributed by atoms with Crippen LogP contribution in [0.15, 0.2) is 79.1 Å². The summed E-state index contributed by atoms with van der Waals surface area (Å²) in [6, 6.07) is 19.1. The van der Waals surface area contributed by atoms with Crippen molar-refractivity contribution in [2.24, 2.45) is 0 Å². The van der Waals surface area contributed by atoms with Crippen molar-refractivity contribution in [3.05, 3.63) is 99.5 Å². The average molecular weight is 841 g/mol. The van der Waals surface area contributed by atoms with Gasteiger partial charge in [-0.05, 0) is 91.9 Å². The minimum atomic E-state index is -4.39. The number of anilines is 1. The third kappa shape index (κ3) is 9.43. The molecule has 3 aromatic carbocycles. The molecule has 2 fully saturated rings. The predicted molar refractivity (Wildman–Crippen MR) is 206 cm³/mol. The molecule has 0 amide bonds. The molecule has 0 radical (unpaired) electrons. The van der Waals surface area contributed by atoms with E-state index < -0.39 is 33.4 Å². The lowest BCUT2D eigenvalue weighted by Gasteiger charge is -2.26.